The Morgan fingerprint density at radius 1 is 1.00 bits per heavy atom. The van der Waals surface area contributed by atoms with Crippen molar-refractivity contribution in [1.29, 1.82) is 0 Å². The molecular weight excluding hydrogens is 326 g/mol. The highest BCUT2D eigenvalue weighted by molar-refractivity contribution is 6.03. The Bertz CT molecular complexity index is 875. The molecule has 5 heteroatoms. The van der Waals surface area contributed by atoms with Crippen LogP contribution in [0.25, 0.3) is 0 Å². The second kappa shape index (κ2) is 8.16. The highest BCUT2D eigenvalue weighted by Crippen LogP contribution is 2.24. The smallest absolute Gasteiger partial charge is 0.274 e. The zero-order chi connectivity index (χ0) is 18.4. The van der Waals surface area contributed by atoms with Gasteiger partial charge in [-0.1, -0.05) is 29.8 Å². The third-order valence-corrected chi connectivity index (χ3v) is 3.77. The number of para-hydroxylation sites is 2. The molecule has 132 valence electrons. The molecule has 0 saturated carbocycles. The first-order valence-electron chi connectivity index (χ1n) is 8.48. The zero-order valence-corrected chi connectivity index (χ0v) is 14.8. The van der Waals surface area contributed by atoms with Crippen LogP contribution in [0.15, 0.2) is 66.9 Å². The molecule has 26 heavy (non-hydrogen) atoms. The number of nitrogens with zero attached hydrogens (tertiary/aromatic N) is 1. The Morgan fingerprint density at radius 3 is 2.42 bits per heavy atom. The average Bonchev–Trinajstić information content (AvgIpc) is 2.66. The van der Waals surface area contributed by atoms with Gasteiger partial charge >= 0.3 is 0 Å². The van der Waals surface area contributed by atoms with E-state index in [-0.39, 0.29) is 5.91 Å². The molecule has 0 aliphatic carbocycles. The first-order chi connectivity index (χ1) is 12.7. The van der Waals surface area contributed by atoms with E-state index in [2.05, 4.69) is 15.6 Å². The highest BCUT2D eigenvalue weighted by atomic mass is 16.5. The predicted molar refractivity (Wildman–Crippen MR) is 104 cm³/mol. The molecule has 0 aliphatic rings. The second-order valence-corrected chi connectivity index (χ2v) is 5.81. The maximum atomic E-state index is 12.4. The van der Waals surface area contributed by atoms with Crippen LogP contribution < -0.4 is 15.4 Å². The van der Waals surface area contributed by atoms with Crippen molar-refractivity contribution >= 4 is 23.0 Å². The van der Waals surface area contributed by atoms with Crippen LogP contribution in [0.3, 0.4) is 0 Å². The molecule has 1 amide bonds. The Morgan fingerprint density at radius 2 is 1.73 bits per heavy atom. The van der Waals surface area contributed by atoms with Gasteiger partial charge in [0.1, 0.15) is 11.4 Å². The SMILES string of the molecule is CCOc1ccccc1NC(=O)c1ccc(Nc2ccc(C)cc2)cn1. The third-order valence-electron chi connectivity index (χ3n) is 3.77. The molecule has 2 N–H and O–H groups in total. The summed E-state index contributed by atoms with van der Waals surface area (Å²) in [7, 11) is 0. The number of anilines is 3. The van der Waals surface area contributed by atoms with Crippen LogP contribution in [0.4, 0.5) is 17.1 Å². The second-order valence-electron chi connectivity index (χ2n) is 5.81. The fraction of sp³-hybridized carbons (Fsp3) is 0.143. The molecular formula is C21H21N3O2. The number of ether oxygens (including phenoxy) is 1. The number of benzene rings is 2. The summed E-state index contributed by atoms with van der Waals surface area (Å²) in [4.78, 5) is 16.7. The summed E-state index contributed by atoms with van der Waals surface area (Å²) in [5.74, 6) is 0.361. The topological polar surface area (TPSA) is 63.2 Å². The van der Waals surface area contributed by atoms with Crippen molar-refractivity contribution in [3.8, 4) is 5.75 Å². The van der Waals surface area contributed by atoms with E-state index >= 15 is 0 Å². The van der Waals surface area contributed by atoms with Crippen LogP contribution in [0.2, 0.25) is 0 Å². The summed E-state index contributed by atoms with van der Waals surface area (Å²) < 4.78 is 5.52. The minimum atomic E-state index is -0.279. The molecule has 0 aliphatic heterocycles. The van der Waals surface area contributed by atoms with E-state index < -0.39 is 0 Å². The van der Waals surface area contributed by atoms with Crippen molar-refractivity contribution in [3.05, 3.63) is 78.1 Å². The molecule has 5 nitrogen and oxygen atoms in total. The van der Waals surface area contributed by atoms with Crippen LogP contribution in [0.1, 0.15) is 23.0 Å². The molecule has 3 aromatic rings. The highest BCUT2D eigenvalue weighted by Gasteiger charge is 2.11. The predicted octanol–water partition coefficient (Wildman–Crippen LogP) is 4.78. The van der Waals surface area contributed by atoms with Gasteiger partial charge in [0.25, 0.3) is 5.91 Å². The summed E-state index contributed by atoms with van der Waals surface area (Å²) in [6.45, 7) is 4.48. The molecule has 0 spiro atoms. The van der Waals surface area contributed by atoms with Crippen LogP contribution in [-0.2, 0) is 0 Å². The van der Waals surface area contributed by atoms with E-state index in [9.17, 15) is 4.79 Å². The van der Waals surface area contributed by atoms with Gasteiger partial charge in [-0.3, -0.25) is 4.79 Å². The van der Waals surface area contributed by atoms with Crippen molar-refractivity contribution in [2.75, 3.05) is 17.2 Å². The van der Waals surface area contributed by atoms with E-state index in [0.29, 0.717) is 23.7 Å². The summed E-state index contributed by atoms with van der Waals surface area (Å²) >= 11 is 0. The lowest BCUT2D eigenvalue weighted by atomic mass is 10.2. The van der Waals surface area contributed by atoms with Crippen molar-refractivity contribution in [3.63, 3.8) is 0 Å². The number of aryl methyl sites for hydroxylation is 1. The van der Waals surface area contributed by atoms with Crippen LogP contribution >= 0.6 is 0 Å². The van der Waals surface area contributed by atoms with Gasteiger partial charge in [-0.2, -0.15) is 0 Å². The van der Waals surface area contributed by atoms with E-state index in [1.54, 1.807) is 18.3 Å². The molecule has 0 saturated heterocycles. The molecule has 0 unspecified atom stereocenters. The Kier molecular flexibility index (Phi) is 5.49. The van der Waals surface area contributed by atoms with Crippen molar-refractivity contribution in [2.45, 2.75) is 13.8 Å². The van der Waals surface area contributed by atoms with Crippen LogP contribution in [0.5, 0.6) is 5.75 Å². The van der Waals surface area contributed by atoms with E-state index in [4.69, 9.17) is 4.74 Å². The molecule has 1 aromatic heterocycles. The molecule has 0 fully saturated rings. The van der Waals surface area contributed by atoms with E-state index in [0.717, 1.165) is 11.4 Å². The standard InChI is InChI=1S/C21H21N3O2/c1-3-26-20-7-5-4-6-18(20)24-21(25)19-13-12-17(14-22-19)23-16-10-8-15(2)9-11-16/h4-14,23H,3H2,1-2H3,(H,24,25). The zero-order valence-electron chi connectivity index (χ0n) is 14.8. The number of carbonyl (C=O) groups is 1. The Hall–Kier alpha value is -3.34. The van der Waals surface area contributed by atoms with Gasteiger partial charge in [0, 0.05) is 5.69 Å². The minimum absolute atomic E-state index is 0.279. The van der Waals surface area contributed by atoms with Gasteiger partial charge in [0.05, 0.1) is 24.2 Å². The number of hydrogen-bond donors (Lipinski definition) is 2. The summed E-state index contributed by atoms with van der Waals surface area (Å²) in [5, 5.41) is 6.10. The first kappa shape index (κ1) is 17.5. The Balaban J connectivity index is 1.68. The summed E-state index contributed by atoms with van der Waals surface area (Å²) in [5.41, 5.74) is 3.96. The van der Waals surface area contributed by atoms with Crippen LogP contribution in [-0.4, -0.2) is 17.5 Å². The fourth-order valence-corrected chi connectivity index (χ4v) is 2.44. The third kappa shape index (κ3) is 4.39. The first-order valence-corrected chi connectivity index (χ1v) is 8.48. The molecule has 0 bridgehead atoms. The summed E-state index contributed by atoms with van der Waals surface area (Å²) in [6, 6.07) is 18.9. The molecule has 0 atom stereocenters. The normalized spacial score (nSPS) is 10.2. The molecule has 3 rings (SSSR count). The Labute approximate surface area is 153 Å². The summed E-state index contributed by atoms with van der Waals surface area (Å²) in [6.07, 6.45) is 1.64. The van der Waals surface area contributed by atoms with Crippen molar-refractivity contribution in [2.24, 2.45) is 0 Å². The lowest BCUT2D eigenvalue weighted by Crippen LogP contribution is -2.14. The monoisotopic (exact) mass is 347 g/mol. The number of nitrogens with one attached hydrogen (secondary N) is 2. The lowest BCUT2D eigenvalue weighted by Gasteiger charge is -2.11. The van der Waals surface area contributed by atoms with Crippen LogP contribution in [0, 0.1) is 6.92 Å². The number of amides is 1. The number of hydrogen-bond acceptors (Lipinski definition) is 4. The molecule has 0 radical (unpaired) electrons. The van der Waals surface area contributed by atoms with Gasteiger partial charge in [-0.15, -0.1) is 0 Å². The quantitative estimate of drug-likeness (QED) is 0.673. The molecule has 2 aromatic carbocycles. The number of pyridine rings is 1. The van der Waals surface area contributed by atoms with E-state index in [1.165, 1.54) is 5.56 Å². The lowest BCUT2D eigenvalue weighted by molar-refractivity contribution is 0.102. The van der Waals surface area contributed by atoms with Gasteiger partial charge in [-0.25, -0.2) is 4.98 Å². The number of aromatic nitrogens is 1. The maximum Gasteiger partial charge on any atom is 0.274 e. The van der Waals surface area contributed by atoms with Gasteiger partial charge in [0.15, 0.2) is 0 Å². The van der Waals surface area contributed by atoms with E-state index in [1.807, 2.05) is 62.4 Å². The maximum absolute atomic E-state index is 12.4. The van der Waals surface area contributed by atoms with Gasteiger partial charge in [0.2, 0.25) is 0 Å². The number of carbonyl (C=O) groups excluding carboxylic acids is 1. The minimum Gasteiger partial charge on any atom is -0.492 e. The number of rotatable bonds is 6. The van der Waals surface area contributed by atoms with Crippen molar-refractivity contribution in [1.82, 2.24) is 4.98 Å². The fourth-order valence-electron chi connectivity index (χ4n) is 2.44. The van der Waals surface area contributed by atoms with Crippen molar-refractivity contribution < 1.29 is 9.53 Å². The average molecular weight is 347 g/mol. The largest absolute Gasteiger partial charge is 0.492 e. The van der Waals surface area contributed by atoms with Gasteiger partial charge < -0.3 is 15.4 Å². The molecule has 1 heterocycles. The van der Waals surface area contributed by atoms with Gasteiger partial charge in [-0.05, 0) is 50.2 Å².